The summed E-state index contributed by atoms with van der Waals surface area (Å²) in [6.45, 7) is 0.294. The highest BCUT2D eigenvalue weighted by Crippen LogP contribution is 2.03. The third-order valence-electron chi connectivity index (χ3n) is 1.27. The zero-order valence-electron chi connectivity index (χ0n) is 6.16. The molecule has 1 aromatic carbocycles. The van der Waals surface area contributed by atoms with Crippen LogP contribution in [-0.2, 0) is 0 Å². The normalized spacial score (nSPS) is 9.55. The molecule has 2 radical (unpaired) electrons. The molecule has 0 saturated heterocycles. The van der Waals surface area contributed by atoms with Crippen molar-refractivity contribution < 1.29 is 9.84 Å². The van der Waals surface area contributed by atoms with Crippen molar-refractivity contribution in [3.63, 3.8) is 0 Å². The van der Waals surface area contributed by atoms with Gasteiger partial charge in [-0.05, 0) is 6.07 Å². The number of hydrogen-bond acceptors (Lipinski definition) is 2. The molecule has 0 unspecified atom stereocenters. The van der Waals surface area contributed by atoms with Gasteiger partial charge in [0.15, 0.2) is 0 Å². The van der Waals surface area contributed by atoms with Crippen LogP contribution in [0, 0.1) is 0 Å². The van der Waals surface area contributed by atoms with Gasteiger partial charge in [0, 0.05) is 0 Å². The van der Waals surface area contributed by atoms with Crippen LogP contribution < -0.4 is 10.2 Å². The first-order valence-electron chi connectivity index (χ1n) is 3.43. The minimum atomic E-state index is 0.00827. The summed E-state index contributed by atoms with van der Waals surface area (Å²) in [5, 5.41) is 8.45. The van der Waals surface area contributed by atoms with Gasteiger partial charge in [0.05, 0.1) is 6.61 Å². The predicted octanol–water partition coefficient (Wildman–Crippen LogP) is -0.149. The molecule has 0 saturated carbocycles. The second-order valence-electron chi connectivity index (χ2n) is 2.11. The minimum absolute atomic E-state index is 0.00827. The second kappa shape index (κ2) is 4.03. The fourth-order valence-electron chi connectivity index (χ4n) is 0.768. The number of hydrogen-bond donors (Lipinski definition) is 1. The van der Waals surface area contributed by atoms with Crippen molar-refractivity contribution in [1.29, 1.82) is 0 Å². The van der Waals surface area contributed by atoms with Crippen molar-refractivity contribution in [3.05, 3.63) is 24.3 Å². The lowest BCUT2D eigenvalue weighted by atomic mass is 9.95. The van der Waals surface area contributed by atoms with Gasteiger partial charge in [-0.2, -0.15) is 0 Å². The Morgan fingerprint density at radius 3 is 2.73 bits per heavy atom. The van der Waals surface area contributed by atoms with E-state index >= 15 is 0 Å². The molecule has 0 bridgehead atoms. The summed E-state index contributed by atoms with van der Waals surface area (Å²) in [6.07, 6.45) is 0. The smallest absolute Gasteiger partial charge is 0.119 e. The Labute approximate surface area is 67.2 Å². The van der Waals surface area contributed by atoms with Gasteiger partial charge >= 0.3 is 0 Å². The van der Waals surface area contributed by atoms with Gasteiger partial charge in [-0.15, -0.1) is 0 Å². The van der Waals surface area contributed by atoms with Crippen LogP contribution in [-0.4, -0.2) is 26.2 Å². The minimum Gasteiger partial charge on any atom is -0.492 e. The molecule has 0 aliphatic carbocycles. The van der Waals surface area contributed by atoms with Crippen LogP contribution in [0.5, 0.6) is 5.75 Å². The SMILES string of the molecule is [B]c1ccccc1OCCO. The molecule has 0 amide bonds. The van der Waals surface area contributed by atoms with Gasteiger partial charge in [-0.1, -0.05) is 23.7 Å². The highest BCUT2D eigenvalue weighted by atomic mass is 16.5. The molecule has 1 aromatic rings. The van der Waals surface area contributed by atoms with Crippen LogP contribution in [0.3, 0.4) is 0 Å². The van der Waals surface area contributed by atoms with Crippen LogP contribution >= 0.6 is 0 Å². The number of benzene rings is 1. The summed E-state index contributed by atoms with van der Waals surface area (Å²) in [6, 6.07) is 7.20. The molecule has 56 valence electrons. The quantitative estimate of drug-likeness (QED) is 0.604. The van der Waals surface area contributed by atoms with Crippen LogP contribution in [0.2, 0.25) is 0 Å². The first-order valence-corrected chi connectivity index (χ1v) is 3.43. The third kappa shape index (κ3) is 2.28. The van der Waals surface area contributed by atoms with E-state index in [9.17, 15) is 0 Å². The number of ether oxygens (including phenoxy) is 1. The number of aliphatic hydroxyl groups is 1. The highest BCUT2D eigenvalue weighted by molar-refractivity contribution is 6.34. The summed E-state index contributed by atoms with van der Waals surface area (Å²) >= 11 is 0. The zero-order chi connectivity index (χ0) is 8.10. The average molecular weight is 148 g/mol. The second-order valence-corrected chi connectivity index (χ2v) is 2.11. The van der Waals surface area contributed by atoms with Gasteiger partial charge < -0.3 is 9.84 Å². The first-order chi connectivity index (χ1) is 5.34. The molecule has 1 N–H and O–H groups in total. The molecule has 1 rings (SSSR count). The van der Waals surface area contributed by atoms with Gasteiger partial charge in [0.2, 0.25) is 0 Å². The van der Waals surface area contributed by atoms with Gasteiger partial charge in [0.1, 0.15) is 20.2 Å². The van der Waals surface area contributed by atoms with E-state index in [0.29, 0.717) is 11.2 Å². The maximum absolute atomic E-state index is 8.45. The summed E-state index contributed by atoms with van der Waals surface area (Å²) < 4.78 is 5.11. The first kappa shape index (κ1) is 8.14. The molecule has 0 heterocycles. The van der Waals surface area contributed by atoms with E-state index in [0.717, 1.165) is 0 Å². The lowest BCUT2D eigenvalue weighted by molar-refractivity contribution is 0.202. The molecule has 3 heteroatoms. The molecule has 0 aliphatic heterocycles. The Bertz CT molecular complexity index is 225. The van der Waals surface area contributed by atoms with E-state index in [1.807, 2.05) is 12.1 Å². The Morgan fingerprint density at radius 1 is 1.36 bits per heavy atom. The Morgan fingerprint density at radius 2 is 2.09 bits per heavy atom. The van der Waals surface area contributed by atoms with Crippen molar-refractivity contribution in [2.24, 2.45) is 0 Å². The zero-order valence-corrected chi connectivity index (χ0v) is 6.16. The lowest BCUT2D eigenvalue weighted by Crippen LogP contribution is -2.11. The van der Waals surface area contributed by atoms with E-state index < -0.39 is 0 Å². The van der Waals surface area contributed by atoms with Gasteiger partial charge in [0.25, 0.3) is 0 Å². The van der Waals surface area contributed by atoms with Gasteiger partial charge in [-0.3, -0.25) is 0 Å². The molecule has 11 heavy (non-hydrogen) atoms. The number of para-hydroxylation sites is 1. The van der Waals surface area contributed by atoms with E-state index in [1.54, 1.807) is 12.1 Å². The fraction of sp³-hybridized carbons (Fsp3) is 0.250. The largest absolute Gasteiger partial charge is 0.492 e. The maximum atomic E-state index is 8.45. The topological polar surface area (TPSA) is 29.5 Å². The monoisotopic (exact) mass is 148 g/mol. The Hall–Kier alpha value is -0.955. The van der Waals surface area contributed by atoms with Crippen molar-refractivity contribution >= 4 is 13.3 Å². The van der Waals surface area contributed by atoms with Crippen LogP contribution in [0.25, 0.3) is 0 Å². The van der Waals surface area contributed by atoms with Crippen molar-refractivity contribution in [2.45, 2.75) is 0 Å². The van der Waals surface area contributed by atoms with Crippen LogP contribution in [0.4, 0.5) is 0 Å². The molecular formula is C8H9BO2. The molecule has 0 aliphatic rings. The van der Waals surface area contributed by atoms with Crippen molar-refractivity contribution in [1.82, 2.24) is 0 Å². The van der Waals surface area contributed by atoms with Crippen molar-refractivity contribution in [3.8, 4) is 5.75 Å². The summed E-state index contributed by atoms with van der Waals surface area (Å²) in [5.74, 6) is 0.626. The Balaban J connectivity index is 2.62. The third-order valence-corrected chi connectivity index (χ3v) is 1.27. The van der Waals surface area contributed by atoms with E-state index in [2.05, 4.69) is 0 Å². The molecular weight excluding hydrogens is 139 g/mol. The average Bonchev–Trinajstić information content (AvgIpc) is 2.03. The number of aliphatic hydroxyl groups excluding tert-OH is 1. The van der Waals surface area contributed by atoms with E-state index in [-0.39, 0.29) is 13.2 Å². The molecule has 0 atom stereocenters. The maximum Gasteiger partial charge on any atom is 0.119 e. The summed E-state index contributed by atoms with van der Waals surface area (Å²) in [7, 11) is 5.55. The Kier molecular flexibility index (Phi) is 2.99. The standard InChI is InChI=1S/C8H9BO2/c9-7-3-1-2-4-8(7)11-6-5-10/h1-4,10H,5-6H2. The fourth-order valence-corrected chi connectivity index (χ4v) is 0.768. The predicted molar refractivity (Wildman–Crippen MR) is 44.4 cm³/mol. The molecule has 0 fully saturated rings. The van der Waals surface area contributed by atoms with Crippen LogP contribution in [0.15, 0.2) is 24.3 Å². The number of rotatable bonds is 3. The lowest BCUT2D eigenvalue weighted by Gasteiger charge is -2.06. The van der Waals surface area contributed by atoms with Crippen molar-refractivity contribution in [2.75, 3.05) is 13.2 Å². The molecule has 0 aromatic heterocycles. The summed E-state index contributed by atoms with van der Waals surface area (Å²) in [4.78, 5) is 0. The van der Waals surface area contributed by atoms with E-state index in [1.165, 1.54) is 0 Å². The van der Waals surface area contributed by atoms with E-state index in [4.69, 9.17) is 17.7 Å². The summed E-state index contributed by atoms with van der Waals surface area (Å²) in [5.41, 5.74) is 0.598. The van der Waals surface area contributed by atoms with Gasteiger partial charge in [-0.25, -0.2) is 0 Å². The molecule has 2 nitrogen and oxygen atoms in total. The van der Waals surface area contributed by atoms with Crippen LogP contribution in [0.1, 0.15) is 0 Å². The highest BCUT2D eigenvalue weighted by Gasteiger charge is 1.94. The molecule has 0 spiro atoms.